The van der Waals surface area contributed by atoms with Gasteiger partial charge in [-0.2, -0.15) is 0 Å². The highest BCUT2D eigenvalue weighted by Crippen LogP contribution is 2.38. The van der Waals surface area contributed by atoms with Gasteiger partial charge in [-0.15, -0.1) is 0 Å². The van der Waals surface area contributed by atoms with Crippen LogP contribution in [0.25, 0.3) is 0 Å². The van der Waals surface area contributed by atoms with Crippen LogP contribution in [-0.2, 0) is 25.5 Å². The van der Waals surface area contributed by atoms with Crippen LogP contribution in [0.3, 0.4) is 0 Å². The van der Waals surface area contributed by atoms with E-state index in [1.807, 2.05) is 26.8 Å². The second-order valence-corrected chi connectivity index (χ2v) is 7.41. The van der Waals surface area contributed by atoms with Crippen molar-refractivity contribution >= 4 is 17.5 Å². The smallest absolute Gasteiger partial charge is 0.223 e. The summed E-state index contributed by atoms with van der Waals surface area (Å²) in [6.45, 7) is 8.23. The average molecular weight is 357 g/mol. The van der Waals surface area contributed by atoms with E-state index in [4.69, 9.17) is 4.74 Å². The number of nitrogens with zero attached hydrogens (tertiary/aromatic N) is 1. The van der Waals surface area contributed by atoms with Gasteiger partial charge < -0.3 is 9.64 Å². The number of rotatable bonds is 4. The lowest BCUT2D eigenvalue weighted by molar-refractivity contribution is -0.138. The number of carbonyl (C=O) groups excluding carboxylic acids is 3. The van der Waals surface area contributed by atoms with Crippen molar-refractivity contribution in [2.24, 2.45) is 5.92 Å². The molecule has 1 aliphatic carbocycles. The van der Waals surface area contributed by atoms with Gasteiger partial charge in [0, 0.05) is 31.8 Å². The summed E-state index contributed by atoms with van der Waals surface area (Å²) in [5, 5.41) is 0. The van der Waals surface area contributed by atoms with Crippen molar-refractivity contribution in [3.63, 3.8) is 0 Å². The van der Waals surface area contributed by atoms with Crippen molar-refractivity contribution < 1.29 is 19.1 Å². The molecule has 1 aliphatic heterocycles. The van der Waals surface area contributed by atoms with Gasteiger partial charge >= 0.3 is 0 Å². The minimum absolute atomic E-state index is 0.0450. The van der Waals surface area contributed by atoms with Crippen molar-refractivity contribution in [1.82, 2.24) is 4.90 Å². The molecule has 0 spiro atoms. The monoisotopic (exact) mass is 357 g/mol. The molecule has 1 saturated heterocycles. The molecule has 1 heterocycles. The molecule has 2 atom stereocenters. The molecule has 0 aromatic heterocycles. The quantitative estimate of drug-likeness (QED) is 0.776. The maximum absolute atomic E-state index is 13.0. The standard InChI is InChI=1S/C21H27NO4/c1-4-15-10-13(2)9-14(3)19(15)20-17(23)11-16(21(20)25)12-18(24)22-5-7-26-8-6-22/h9-10,16,20H,4-8,11-12H2,1-3H3. The molecule has 1 aromatic rings. The third-order valence-corrected chi connectivity index (χ3v) is 5.53. The summed E-state index contributed by atoms with van der Waals surface area (Å²) >= 11 is 0. The van der Waals surface area contributed by atoms with Gasteiger partial charge in [-0.05, 0) is 37.0 Å². The van der Waals surface area contributed by atoms with Gasteiger partial charge in [0.1, 0.15) is 11.7 Å². The minimum Gasteiger partial charge on any atom is -0.378 e. The van der Waals surface area contributed by atoms with E-state index in [1.54, 1.807) is 4.90 Å². The first-order valence-electron chi connectivity index (χ1n) is 9.44. The normalized spacial score (nSPS) is 23.6. The second-order valence-electron chi connectivity index (χ2n) is 7.41. The van der Waals surface area contributed by atoms with Crippen LogP contribution in [0.4, 0.5) is 0 Å². The summed E-state index contributed by atoms with van der Waals surface area (Å²) in [6.07, 6.45) is 1.09. The van der Waals surface area contributed by atoms with Crippen molar-refractivity contribution in [2.45, 2.75) is 46.0 Å². The van der Waals surface area contributed by atoms with Crippen molar-refractivity contribution in [2.75, 3.05) is 26.3 Å². The van der Waals surface area contributed by atoms with Gasteiger partial charge in [-0.1, -0.05) is 24.6 Å². The highest BCUT2D eigenvalue weighted by molar-refractivity contribution is 6.15. The Balaban J connectivity index is 1.80. The predicted molar refractivity (Wildman–Crippen MR) is 98.2 cm³/mol. The maximum atomic E-state index is 13.0. The molecule has 2 fully saturated rings. The fraction of sp³-hybridized carbons (Fsp3) is 0.571. The van der Waals surface area contributed by atoms with E-state index in [-0.39, 0.29) is 30.3 Å². The zero-order valence-electron chi connectivity index (χ0n) is 15.8. The summed E-state index contributed by atoms with van der Waals surface area (Å²) in [6, 6.07) is 4.09. The Morgan fingerprint density at radius 3 is 2.54 bits per heavy atom. The Morgan fingerprint density at radius 2 is 1.88 bits per heavy atom. The fourth-order valence-corrected chi connectivity index (χ4v) is 4.26. The summed E-state index contributed by atoms with van der Waals surface area (Å²) < 4.78 is 5.27. The Labute approximate surface area is 154 Å². The first-order chi connectivity index (χ1) is 12.4. The molecule has 1 saturated carbocycles. The van der Waals surface area contributed by atoms with Crippen LogP contribution in [0.5, 0.6) is 0 Å². The van der Waals surface area contributed by atoms with Gasteiger partial charge in [0.25, 0.3) is 0 Å². The lowest BCUT2D eigenvalue weighted by Gasteiger charge is -2.27. The number of amides is 1. The van der Waals surface area contributed by atoms with Crippen molar-refractivity contribution in [3.8, 4) is 0 Å². The van der Waals surface area contributed by atoms with E-state index in [9.17, 15) is 14.4 Å². The first-order valence-corrected chi connectivity index (χ1v) is 9.44. The number of ether oxygens (including phenoxy) is 1. The van der Waals surface area contributed by atoms with Crippen LogP contribution in [-0.4, -0.2) is 48.7 Å². The molecule has 26 heavy (non-hydrogen) atoms. The molecule has 3 rings (SSSR count). The molecule has 0 bridgehead atoms. The summed E-state index contributed by atoms with van der Waals surface area (Å²) in [7, 11) is 0. The highest BCUT2D eigenvalue weighted by Gasteiger charge is 2.44. The molecule has 5 nitrogen and oxygen atoms in total. The van der Waals surface area contributed by atoms with Crippen LogP contribution < -0.4 is 0 Å². The Morgan fingerprint density at radius 1 is 1.19 bits per heavy atom. The Hall–Kier alpha value is -2.01. The summed E-state index contributed by atoms with van der Waals surface area (Å²) in [4.78, 5) is 39.9. The van der Waals surface area contributed by atoms with Gasteiger partial charge in [0.05, 0.1) is 13.2 Å². The van der Waals surface area contributed by atoms with E-state index >= 15 is 0 Å². The number of hydrogen-bond donors (Lipinski definition) is 0. The number of carbonyl (C=O) groups is 3. The molecule has 1 aromatic carbocycles. The highest BCUT2D eigenvalue weighted by atomic mass is 16.5. The largest absolute Gasteiger partial charge is 0.378 e. The number of aryl methyl sites for hydroxylation is 3. The van der Waals surface area contributed by atoms with E-state index < -0.39 is 11.8 Å². The van der Waals surface area contributed by atoms with Crippen molar-refractivity contribution in [3.05, 3.63) is 34.4 Å². The van der Waals surface area contributed by atoms with Gasteiger partial charge in [-0.3, -0.25) is 14.4 Å². The van der Waals surface area contributed by atoms with Crippen LogP contribution >= 0.6 is 0 Å². The lowest BCUT2D eigenvalue weighted by atomic mass is 9.85. The number of hydrogen-bond acceptors (Lipinski definition) is 4. The first kappa shape index (κ1) is 18.8. The van der Waals surface area contributed by atoms with Gasteiger partial charge in [0.15, 0.2) is 5.78 Å². The fourth-order valence-electron chi connectivity index (χ4n) is 4.26. The van der Waals surface area contributed by atoms with Crippen LogP contribution in [0.1, 0.15) is 47.9 Å². The number of morpholine rings is 1. The average Bonchev–Trinajstić information content (AvgIpc) is 2.89. The van der Waals surface area contributed by atoms with E-state index in [1.165, 1.54) is 0 Å². The zero-order valence-corrected chi connectivity index (χ0v) is 15.8. The summed E-state index contributed by atoms with van der Waals surface area (Å²) in [5.41, 5.74) is 4.07. The van der Waals surface area contributed by atoms with Crippen LogP contribution in [0, 0.1) is 19.8 Å². The number of benzene rings is 1. The van der Waals surface area contributed by atoms with Crippen LogP contribution in [0.2, 0.25) is 0 Å². The Kier molecular flexibility index (Phi) is 5.56. The third kappa shape index (κ3) is 3.58. The van der Waals surface area contributed by atoms with Crippen LogP contribution in [0.15, 0.2) is 12.1 Å². The van der Waals surface area contributed by atoms with E-state index in [0.29, 0.717) is 26.3 Å². The summed E-state index contributed by atoms with van der Waals surface area (Å²) in [5.74, 6) is -1.37. The minimum atomic E-state index is -0.701. The number of Topliss-reactive ketones (excluding diaryl/α,β-unsaturated/α-hetero) is 2. The SMILES string of the molecule is CCc1cc(C)cc(C)c1C1C(=O)CC(CC(=O)N2CCOCC2)C1=O. The Bertz CT molecular complexity index is 734. The molecular formula is C21H27NO4. The zero-order chi connectivity index (χ0) is 18.8. The van der Waals surface area contributed by atoms with E-state index in [2.05, 4.69) is 6.07 Å². The van der Waals surface area contributed by atoms with Gasteiger partial charge in [-0.25, -0.2) is 0 Å². The number of ketones is 2. The third-order valence-electron chi connectivity index (χ3n) is 5.53. The molecular weight excluding hydrogens is 330 g/mol. The molecule has 1 amide bonds. The maximum Gasteiger partial charge on any atom is 0.223 e. The van der Waals surface area contributed by atoms with E-state index in [0.717, 1.165) is 28.7 Å². The lowest BCUT2D eigenvalue weighted by Crippen LogP contribution is -2.41. The predicted octanol–water partition coefficient (Wildman–Crippen LogP) is 2.36. The second kappa shape index (κ2) is 7.70. The molecule has 5 heteroatoms. The molecule has 0 radical (unpaired) electrons. The molecule has 140 valence electrons. The molecule has 2 aliphatic rings. The molecule has 0 N–H and O–H groups in total. The van der Waals surface area contributed by atoms with Gasteiger partial charge in [0.2, 0.25) is 5.91 Å². The molecule has 2 unspecified atom stereocenters. The van der Waals surface area contributed by atoms with Crippen molar-refractivity contribution in [1.29, 1.82) is 0 Å². The topological polar surface area (TPSA) is 63.7 Å².